The molecule has 1 heterocycles. The number of hydrogen-bond acceptors (Lipinski definition) is 4. The van der Waals surface area contributed by atoms with E-state index in [4.69, 9.17) is 4.74 Å². The highest BCUT2D eigenvalue weighted by Gasteiger charge is 2.05. The first-order chi connectivity index (χ1) is 9.69. The molecule has 0 bridgehead atoms. The van der Waals surface area contributed by atoms with Gasteiger partial charge in [-0.05, 0) is 23.6 Å². The number of nitrogens with one attached hydrogen (secondary N) is 1. The van der Waals surface area contributed by atoms with Crippen LogP contribution in [0.3, 0.4) is 0 Å². The molecule has 0 saturated carbocycles. The molecule has 0 unspecified atom stereocenters. The fraction of sp³-hybridized carbons (Fsp3) is 0.467. The Hall–Kier alpha value is -1.88. The normalized spacial score (nSPS) is 11.0. The molecule has 0 amide bonds. The Labute approximate surface area is 120 Å². The maximum absolute atomic E-state index is 5.22. The largest absolute Gasteiger partial charge is 0.497 e. The molecular weight excluding hydrogens is 252 g/mol. The summed E-state index contributed by atoms with van der Waals surface area (Å²) in [6, 6.07) is 8.06. The van der Waals surface area contributed by atoms with E-state index in [2.05, 4.69) is 35.3 Å². The molecule has 1 aromatic heterocycles. The van der Waals surface area contributed by atoms with Crippen molar-refractivity contribution in [3.63, 3.8) is 0 Å². The number of ether oxygens (including phenoxy) is 1. The standard InChI is InChI=1S/C15H22N4O/c1-12(2)10-19-15(17-11-18-19)9-16-8-13-5-4-6-14(7-13)20-3/h4-7,11-12,16H,8-10H2,1-3H3. The lowest BCUT2D eigenvalue weighted by molar-refractivity contribution is 0.414. The molecule has 1 aromatic carbocycles. The molecule has 2 rings (SSSR count). The zero-order valence-electron chi connectivity index (χ0n) is 12.3. The van der Waals surface area contributed by atoms with Crippen LogP contribution in [0.1, 0.15) is 25.2 Å². The Kier molecular flexibility index (Phi) is 5.12. The fourth-order valence-electron chi connectivity index (χ4n) is 2.02. The Morgan fingerprint density at radius 2 is 2.15 bits per heavy atom. The van der Waals surface area contributed by atoms with Gasteiger partial charge in [0.15, 0.2) is 0 Å². The van der Waals surface area contributed by atoms with Crippen LogP contribution in [0.15, 0.2) is 30.6 Å². The van der Waals surface area contributed by atoms with Crippen molar-refractivity contribution in [1.82, 2.24) is 20.1 Å². The minimum absolute atomic E-state index is 0.564. The molecule has 5 heteroatoms. The number of rotatable bonds is 7. The van der Waals surface area contributed by atoms with Gasteiger partial charge < -0.3 is 10.1 Å². The topological polar surface area (TPSA) is 52.0 Å². The second kappa shape index (κ2) is 7.05. The third-order valence-electron chi connectivity index (χ3n) is 2.98. The average Bonchev–Trinajstić information content (AvgIpc) is 2.86. The average molecular weight is 274 g/mol. The van der Waals surface area contributed by atoms with E-state index in [-0.39, 0.29) is 0 Å². The van der Waals surface area contributed by atoms with Crippen LogP contribution in [-0.4, -0.2) is 21.9 Å². The van der Waals surface area contributed by atoms with Crippen molar-refractivity contribution in [2.24, 2.45) is 5.92 Å². The smallest absolute Gasteiger partial charge is 0.140 e. The van der Waals surface area contributed by atoms with Gasteiger partial charge in [0.05, 0.1) is 13.7 Å². The second-order valence-electron chi connectivity index (χ2n) is 5.21. The van der Waals surface area contributed by atoms with E-state index >= 15 is 0 Å². The fourth-order valence-corrected chi connectivity index (χ4v) is 2.02. The van der Waals surface area contributed by atoms with E-state index in [0.29, 0.717) is 12.5 Å². The summed E-state index contributed by atoms with van der Waals surface area (Å²) in [5.41, 5.74) is 1.19. The van der Waals surface area contributed by atoms with Gasteiger partial charge in [-0.3, -0.25) is 0 Å². The summed E-state index contributed by atoms with van der Waals surface area (Å²) in [7, 11) is 1.68. The monoisotopic (exact) mass is 274 g/mol. The van der Waals surface area contributed by atoms with E-state index in [1.54, 1.807) is 13.4 Å². The van der Waals surface area contributed by atoms with E-state index in [1.807, 2.05) is 22.9 Å². The summed E-state index contributed by atoms with van der Waals surface area (Å²) in [6.07, 6.45) is 1.62. The number of benzene rings is 1. The second-order valence-corrected chi connectivity index (χ2v) is 5.21. The lowest BCUT2D eigenvalue weighted by Crippen LogP contribution is -2.18. The van der Waals surface area contributed by atoms with Gasteiger partial charge in [0.1, 0.15) is 17.9 Å². The van der Waals surface area contributed by atoms with Gasteiger partial charge in [-0.25, -0.2) is 9.67 Å². The van der Waals surface area contributed by atoms with Crippen molar-refractivity contribution >= 4 is 0 Å². The van der Waals surface area contributed by atoms with Crippen LogP contribution in [0.2, 0.25) is 0 Å². The molecule has 108 valence electrons. The predicted octanol–water partition coefficient (Wildman–Crippen LogP) is 2.23. The maximum atomic E-state index is 5.22. The van der Waals surface area contributed by atoms with E-state index in [1.165, 1.54) is 5.56 Å². The Bertz CT molecular complexity index is 536. The van der Waals surface area contributed by atoms with E-state index < -0.39 is 0 Å². The van der Waals surface area contributed by atoms with Crippen LogP contribution in [-0.2, 0) is 19.6 Å². The summed E-state index contributed by atoms with van der Waals surface area (Å²) in [5.74, 6) is 2.42. The quantitative estimate of drug-likeness (QED) is 0.841. The first-order valence-corrected chi connectivity index (χ1v) is 6.89. The number of methoxy groups -OCH3 is 1. The molecular formula is C15H22N4O. The lowest BCUT2D eigenvalue weighted by Gasteiger charge is -2.09. The molecule has 2 aromatic rings. The third-order valence-corrected chi connectivity index (χ3v) is 2.98. The van der Waals surface area contributed by atoms with Gasteiger partial charge >= 0.3 is 0 Å². The van der Waals surface area contributed by atoms with Crippen molar-refractivity contribution in [1.29, 1.82) is 0 Å². The predicted molar refractivity (Wildman–Crippen MR) is 78.4 cm³/mol. The molecule has 0 saturated heterocycles. The Morgan fingerprint density at radius 1 is 1.30 bits per heavy atom. The van der Waals surface area contributed by atoms with Gasteiger partial charge in [-0.2, -0.15) is 5.10 Å². The Balaban J connectivity index is 1.88. The number of nitrogens with zero attached hydrogens (tertiary/aromatic N) is 3. The lowest BCUT2D eigenvalue weighted by atomic mass is 10.2. The van der Waals surface area contributed by atoms with E-state index in [9.17, 15) is 0 Å². The highest BCUT2D eigenvalue weighted by molar-refractivity contribution is 5.28. The Morgan fingerprint density at radius 3 is 2.90 bits per heavy atom. The minimum atomic E-state index is 0.564. The van der Waals surface area contributed by atoms with Crippen molar-refractivity contribution in [3.05, 3.63) is 42.0 Å². The van der Waals surface area contributed by atoms with Crippen molar-refractivity contribution in [2.75, 3.05) is 7.11 Å². The van der Waals surface area contributed by atoms with Crippen molar-refractivity contribution in [3.8, 4) is 5.75 Å². The molecule has 20 heavy (non-hydrogen) atoms. The van der Waals surface area contributed by atoms with Crippen LogP contribution >= 0.6 is 0 Å². The summed E-state index contributed by atoms with van der Waals surface area (Å²) < 4.78 is 7.18. The molecule has 0 aliphatic rings. The highest BCUT2D eigenvalue weighted by Crippen LogP contribution is 2.12. The number of aromatic nitrogens is 3. The molecule has 0 spiro atoms. The van der Waals surface area contributed by atoms with Crippen molar-refractivity contribution < 1.29 is 4.74 Å². The summed E-state index contributed by atoms with van der Waals surface area (Å²) in [4.78, 5) is 4.30. The summed E-state index contributed by atoms with van der Waals surface area (Å²) in [5, 5.41) is 7.65. The van der Waals surface area contributed by atoms with Crippen LogP contribution in [0, 0.1) is 5.92 Å². The van der Waals surface area contributed by atoms with Gasteiger partial charge in [-0.15, -0.1) is 0 Å². The van der Waals surface area contributed by atoms with E-state index in [0.717, 1.165) is 24.7 Å². The van der Waals surface area contributed by atoms with Crippen LogP contribution in [0.25, 0.3) is 0 Å². The molecule has 1 N–H and O–H groups in total. The van der Waals surface area contributed by atoms with Gasteiger partial charge in [0.2, 0.25) is 0 Å². The van der Waals surface area contributed by atoms with Crippen LogP contribution in [0.5, 0.6) is 5.75 Å². The first-order valence-electron chi connectivity index (χ1n) is 6.89. The third kappa shape index (κ3) is 4.06. The van der Waals surface area contributed by atoms with Crippen molar-refractivity contribution in [2.45, 2.75) is 33.5 Å². The minimum Gasteiger partial charge on any atom is -0.497 e. The molecule has 0 atom stereocenters. The highest BCUT2D eigenvalue weighted by atomic mass is 16.5. The summed E-state index contributed by atoms with van der Waals surface area (Å²) in [6.45, 7) is 6.75. The zero-order valence-corrected chi connectivity index (χ0v) is 12.3. The molecule has 0 radical (unpaired) electrons. The van der Waals surface area contributed by atoms with Crippen LogP contribution < -0.4 is 10.1 Å². The SMILES string of the molecule is COc1cccc(CNCc2ncnn2CC(C)C)c1. The summed E-state index contributed by atoms with van der Waals surface area (Å²) >= 11 is 0. The molecule has 0 aliphatic heterocycles. The molecule has 5 nitrogen and oxygen atoms in total. The molecule has 0 aliphatic carbocycles. The zero-order chi connectivity index (χ0) is 14.4. The molecule has 0 fully saturated rings. The van der Waals surface area contributed by atoms with Gasteiger partial charge in [0.25, 0.3) is 0 Å². The first kappa shape index (κ1) is 14.5. The van der Waals surface area contributed by atoms with Crippen LogP contribution in [0.4, 0.5) is 0 Å². The maximum Gasteiger partial charge on any atom is 0.140 e. The number of hydrogen-bond donors (Lipinski definition) is 1. The van der Waals surface area contributed by atoms with Gasteiger partial charge in [-0.1, -0.05) is 26.0 Å². The van der Waals surface area contributed by atoms with Gasteiger partial charge in [0, 0.05) is 13.1 Å².